The van der Waals surface area contributed by atoms with Gasteiger partial charge >= 0.3 is 0 Å². The van der Waals surface area contributed by atoms with E-state index in [4.69, 9.17) is 17.3 Å². The van der Waals surface area contributed by atoms with Crippen LogP contribution >= 0.6 is 11.6 Å². The SMILES string of the molecule is CC(Cc1[nH]nc(N)c1-c1c(F)cccc1Cl)C(C)(C)C. The summed E-state index contributed by atoms with van der Waals surface area (Å²) < 4.78 is 14.2. The van der Waals surface area contributed by atoms with Gasteiger partial charge in [0.05, 0.1) is 10.6 Å². The van der Waals surface area contributed by atoms with Crippen LogP contribution in [-0.2, 0) is 6.42 Å². The molecule has 0 radical (unpaired) electrons. The predicted octanol–water partition coefficient (Wildman–Crippen LogP) is 4.68. The first-order valence-corrected chi connectivity index (χ1v) is 7.36. The number of rotatable bonds is 3. The highest BCUT2D eigenvalue weighted by molar-refractivity contribution is 6.33. The van der Waals surface area contributed by atoms with E-state index >= 15 is 0 Å². The van der Waals surface area contributed by atoms with Gasteiger partial charge in [-0.2, -0.15) is 5.10 Å². The Kier molecular flexibility index (Phi) is 4.28. The first-order chi connectivity index (χ1) is 9.71. The number of hydrogen-bond acceptors (Lipinski definition) is 2. The molecule has 0 spiro atoms. The lowest BCUT2D eigenvalue weighted by molar-refractivity contribution is 0.258. The van der Waals surface area contributed by atoms with Crippen LogP contribution in [0.25, 0.3) is 11.1 Å². The zero-order valence-corrected chi connectivity index (χ0v) is 13.6. The number of nitrogens with one attached hydrogen (secondary N) is 1. The molecule has 2 rings (SSSR count). The Morgan fingerprint density at radius 2 is 2.00 bits per heavy atom. The number of nitrogens with two attached hydrogens (primary N) is 1. The van der Waals surface area contributed by atoms with Gasteiger partial charge in [-0.15, -0.1) is 0 Å². The average molecular weight is 310 g/mol. The lowest BCUT2D eigenvalue weighted by Crippen LogP contribution is -2.20. The Morgan fingerprint density at radius 3 is 2.57 bits per heavy atom. The summed E-state index contributed by atoms with van der Waals surface area (Å²) in [5, 5.41) is 7.31. The number of nitrogen functional groups attached to an aromatic ring is 1. The highest BCUT2D eigenvalue weighted by atomic mass is 35.5. The van der Waals surface area contributed by atoms with Crippen LogP contribution in [0.2, 0.25) is 5.02 Å². The molecule has 0 aliphatic heterocycles. The maximum atomic E-state index is 14.2. The molecule has 1 aromatic heterocycles. The van der Waals surface area contributed by atoms with Crippen molar-refractivity contribution in [3.63, 3.8) is 0 Å². The number of anilines is 1. The quantitative estimate of drug-likeness (QED) is 0.865. The summed E-state index contributed by atoms with van der Waals surface area (Å²) in [6.45, 7) is 8.68. The van der Waals surface area contributed by atoms with Gasteiger partial charge in [0.25, 0.3) is 0 Å². The fourth-order valence-electron chi connectivity index (χ4n) is 2.17. The van der Waals surface area contributed by atoms with Crippen molar-refractivity contribution in [3.05, 3.63) is 34.7 Å². The van der Waals surface area contributed by atoms with Gasteiger partial charge in [0, 0.05) is 11.3 Å². The second-order valence-corrected chi connectivity index (χ2v) is 6.94. The minimum atomic E-state index is -0.389. The largest absolute Gasteiger partial charge is 0.382 e. The molecule has 1 unspecified atom stereocenters. The Bertz CT molecular complexity index is 623. The first kappa shape index (κ1) is 15.8. The molecule has 0 bridgehead atoms. The molecule has 3 N–H and O–H groups in total. The van der Waals surface area contributed by atoms with Crippen molar-refractivity contribution >= 4 is 17.4 Å². The van der Waals surface area contributed by atoms with Crippen molar-refractivity contribution in [2.75, 3.05) is 5.73 Å². The zero-order chi connectivity index (χ0) is 15.8. The number of nitrogens with zero attached hydrogens (tertiary/aromatic N) is 1. The molecule has 0 aliphatic rings. The van der Waals surface area contributed by atoms with Crippen LogP contribution in [0.5, 0.6) is 0 Å². The molecule has 0 saturated heterocycles. The monoisotopic (exact) mass is 309 g/mol. The fraction of sp³-hybridized carbons (Fsp3) is 0.438. The molecule has 1 aromatic carbocycles. The van der Waals surface area contributed by atoms with Gasteiger partial charge in [-0.05, 0) is 29.9 Å². The lowest BCUT2D eigenvalue weighted by atomic mass is 9.79. The lowest BCUT2D eigenvalue weighted by Gasteiger charge is -2.27. The van der Waals surface area contributed by atoms with Crippen molar-refractivity contribution in [2.45, 2.75) is 34.1 Å². The van der Waals surface area contributed by atoms with Crippen molar-refractivity contribution in [2.24, 2.45) is 11.3 Å². The Balaban J connectivity index is 2.49. The number of benzene rings is 1. The van der Waals surface area contributed by atoms with E-state index in [0.717, 1.165) is 12.1 Å². The molecule has 21 heavy (non-hydrogen) atoms. The summed E-state index contributed by atoms with van der Waals surface area (Å²) in [5.74, 6) is 0.264. The first-order valence-electron chi connectivity index (χ1n) is 6.99. The van der Waals surface area contributed by atoms with Gasteiger partial charge in [0.1, 0.15) is 5.82 Å². The fourth-order valence-corrected chi connectivity index (χ4v) is 2.43. The third-order valence-electron chi connectivity index (χ3n) is 4.07. The second-order valence-electron chi connectivity index (χ2n) is 6.53. The standard InChI is InChI=1S/C16H21ClFN3/c1-9(16(2,3)4)8-12-14(15(19)21-20-12)13-10(17)6-5-7-11(13)18/h5-7,9H,8H2,1-4H3,(H3,19,20,21). The minimum absolute atomic E-state index is 0.135. The molecule has 2 aromatic rings. The van der Waals surface area contributed by atoms with E-state index in [1.54, 1.807) is 12.1 Å². The molecule has 3 nitrogen and oxygen atoms in total. The van der Waals surface area contributed by atoms with Crippen molar-refractivity contribution in [3.8, 4) is 11.1 Å². The number of aromatic nitrogens is 2. The molecule has 0 aliphatic carbocycles. The molecule has 0 fully saturated rings. The van der Waals surface area contributed by atoms with Crippen LogP contribution in [0.15, 0.2) is 18.2 Å². The number of H-pyrrole nitrogens is 1. The number of halogens is 2. The van der Waals surface area contributed by atoms with Gasteiger partial charge in [-0.1, -0.05) is 45.4 Å². The smallest absolute Gasteiger partial charge is 0.153 e. The van der Waals surface area contributed by atoms with Gasteiger partial charge in [-0.3, -0.25) is 5.10 Å². The summed E-state index contributed by atoms with van der Waals surface area (Å²) in [5.41, 5.74) is 7.78. The molecule has 0 saturated carbocycles. The Morgan fingerprint density at radius 1 is 1.33 bits per heavy atom. The summed E-state index contributed by atoms with van der Waals surface area (Å²) in [4.78, 5) is 0. The maximum Gasteiger partial charge on any atom is 0.153 e. The van der Waals surface area contributed by atoms with Crippen LogP contribution in [-0.4, -0.2) is 10.2 Å². The molecule has 1 atom stereocenters. The molecular weight excluding hydrogens is 289 g/mol. The summed E-state index contributed by atoms with van der Waals surface area (Å²) in [6.07, 6.45) is 0.730. The molecule has 5 heteroatoms. The zero-order valence-electron chi connectivity index (χ0n) is 12.8. The summed E-state index contributed by atoms with van der Waals surface area (Å²) in [7, 11) is 0. The van der Waals surface area contributed by atoms with Gasteiger partial charge in [-0.25, -0.2) is 4.39 Å². The average Bonchev–Trinajstić information content (AvgIpc) is 2.70. The molecule has 0 amide bonds. The molecule has 1 heterocycles. The van der Waals surface area contributed by atoms with Crippen LogP contribution in [0.1, 0.15) is 33.4 Å². The van der Waals surface area contributed by atoms with Crippen molar-refractivity contribution in [1.29, 1.82) is 0 Å². The van der Waals surface area contributed by atoms with Gasteiger partial charge in [0.2, 0.25) is 0 Å². The van der Waals surface area contributed by atoms with Crippen LogP contribution in [0.4, 0.5) is 10.2 Å². The van der Waals surface area contributed by atoms with E-state index in [9.17, 15) is 4.39 Å². The Hall–Kier alpha value is -1.55. The van der Waals surface area contributed by atoms with Crippen LogP contribution in [0, 0.1) is 17.2 Å². The van der Waals surface area contributed by atoms with E-state index in [2.05, 4.69) is 37.9 Å². The number of hydrogen-bond donors (Lipinski definition) is 2. The Labute approximate surface area is 129 Å². The summed E-state index contributed by atoms with van der Waals surface area (Å²) >= 11 is 6.15. The number of aromatic amines is 1. The third-order valence-corrected chi connectivity index (χ3v) is 4.39. The molecule has 114 valence electrons. The van der Waals surface area contributed by atoms with E-state index in [1.807, 2.05) is 0 Å². The topological polar surface area (TPSA) is 54.7 Å². The predicted molar refractivity (Wildman–Crippen MR) is 85.7 cm³/mol. The van der Waals surface area contributed by atoms with E-state index in [-0.39, 0.29) is 17.1 Å². The van der Waals surface area contributed by atoms with Crippen molar-refractivity contribution < 1.29 is 4.39 Å². The van der Waals surface area contributed by atoms with Crippen LogP contribution in [0.3, 0.4) is 0 Å². The van der Waals surface area contributed by atoms with E-state index in [1.165, 1.54) is 6.07 Å². The van der Waals surface area contributed by atoms with Crippen LogP contribution < -0.4 is 5.73 Å². The van der Waals surface area contributed by atoms with Crippen molar-refractivity contribution in [1.82, 2.24) is 10.2 Å². The van der Waals surface area contributed by atoms with Gasteiger partial charge < -0.3 is 5.73 Å². The normalized spacial score (nSPS) is 13.4. The highest BCUT2D eigenvalue weighted by Gasteiger charge is 2.25. The third kappa shape index (κ3) is 3.21. The summed E-state index contributed by atoms with van der Waals surface area (Å²) in [6, 6.07) is 4.61. The van der Waals surface area contributed by atoms with Gasteiger partial charge in [0.15, 0.2) is 5.82 Å². The van der Waals surface area contributed by atoms with E-state index in [0.29, 0.717) is 22.1 Å². The highest BCUT2D eigenvalue weighted by Crippen LogP contribution is 2.38. The van der Waals surface area contributed by atoms with E-state index < -0.39 is 0 Å². The molecular formula is C16H21ClFN3. The second kappa shape index (κ2) is 5.68. The minimum Gasteiger partial charge on any atom is -0.382 e. The maximum absolute atomic E-state index is 14.2.